The van der Waals surface area contributed by atoms with Crippen molar-refractivity contribution in [3.63, 3.8) is 0 Å². The summed E-state index contributed by atoms with van der Waals surface area (Å²) >= 11 is 1.41. The lowest BCUT2D eigenvalue weighted by Gasteiger charge is -2.23. The zero-order chi connectivity index (χ0) is 13.2. The molecule has 0 aliphatic carbocycles. The maximum Gasteiger partial charge on any atom is 0.292 e. The third-order valence-corrected chi connectivity index (χ3v) is 3.60. The molecule has 6 heteroatoms. The van der Waals surface area contributed by atoms with E-state index < -0.39 is 6.10 Å². The Kier molecular flexibility index (Phi) is 3.08. The number of rotatable bonds is 1. The zero-order valence-electron chi connectivity index (χ0n) is 10.3. The van der Waals surface area contributed by atoms with E-state index in [2.05, 4.69) is 4.99 Å². The number of aryl methyl sites for hydroxylation is 1. The van der Waals surface area contributed by atoms with E-state index in [4.69, 9.17) is 9.47 Å². The molecule has 98 valence electrons. The monoisotopic (exact) mass is 276 g/mol. The number of hydrogen-bond donors (Lipinski definition) is 0. The largest absolute Gasteiger partial charge is 0.485 e. The van der Waals surface area contributed by atoms with Gasteiger partial charge in [0, 0.05) is 18.6 Å². The SMILES string of the molecule is Cn1ccsc1=NC(=O)[C@@H]1COc2ccccc2O1. The number of benzene rings is 1. The van der Waals surface area contributed by atoms with Crippen LogP contribution in [0.3, 0.4) is 0 Å². The molecule has 0 N–H and O–H groups in total. The summed E-state index contributed by atoms with van der Waals surface area (Å²) in [4.78, 5) is 16.7. The van der Waals surface area contributed by atoms with E-state index in [0.717, 1.165) is 0 Å². The van der Waals surface area contributed by atoms with Crippen LogP contribution in [-0.2, 0) is 11.8 Å². The van der Waals surface area contributed by atoms with Gasteiger partial charge < -0.3 is 14.0 Å². The number of carbonyl (C=O) groups is 1. The third-order valence-electron chi connectivity index (χ3n) is 2.75. The van der Waals surface area contributed by atoms with Crippen molar-refractivity contribution in [3.8, 4) is 11.5 Å². The van der Waals surface area contributed by atoms with Crippen LogP contribution in [0.25, 0.3) is 0 Å². The van der Waals surface area contributed by atoms with Gasteiger partial charge in [0.25, 0.3) is 5.91 Å². The van der Waals surface area contributed by atoms with E-state index in [9.17, 15) is 4.79 Å². The summed E-state index contributed by atoms with van der Waals surface area (Å²) in [6.45, 7) is 0.189. The Morgan fingerprint density at radius 1 is 1.42 bits per heavy atom. The molecule has 0 saturated heterocycles. The highest BCUT2D eigenvalue weighted by atomic mass is 32.1. The highest BCUT2D eigenvalue weighted by Gasteiger charge is 2.26. The number of thiazole rings is 1. The molecular weight excluding hydrogens is 264 g/mol. The minimum Gasteiger partial charge on any atom is -0.485 e. The number of nitrogens with zero attached hydrogens (tertiary/aromatic N) is 2. The molecule has 0 fully saturated rings. The van der Waals surface area contributed by atoms with E-state index in [1.54, 1.807) is 10.6 Å². The molecule has 0 unspecified atom stereocenters. The van der Waals surface area contributed by atoms with Gasteiger partial charge in [-0.25, -0.2) is 0 Å². The number of ether oxygens (including phenoxy) is 2. The second-order valence-electron chi connectivity index (χ2n) is 4.11. The molecule has 1 amide bonds. The summed E-state index contributed by atoms with van der Waals surface area (Å²) in [5.74, 6) is 0.915. The first-order chi connectivity index (χ1) is 9.24. The molecular formula is C13H12N2O3S. The van der Waals surface area contributed by atoms with Crippen molar-refractivity contribution >= 4 is 17.2 Å². The van der Waals surface area contributed by atoms with Crippen LogP contribution in [0.4, 0.5) is 0 Å². The molecule has 19 heavy (non-hydrogen) atoms. The first-order valence-electron chi connectivity index (χ1n) is 5.81. The number of carbonyl (C=O) groups excluding carboxylic acids is 1. The second kappa shape index (κ2) is 4.89. The van der Waals surface area contributed by atoms with Gasteiger partial charge in [0.15, 0.2) is 16.3 Å². The summed E-state index contributed by atoms with van der Waals surface area (Å²) in [5.41, 5.74) is 0. The van der Waals surface area contributed by atoms with Crippen molar-refractivity contribution in [2.75, 3.05) is 6.61 Å². The molecule has 1 aromatic carbocycles. The lowest BCUT2D eigenvalue weighted by atomic mass is 10.2. The van der Waals surface area contributed by atoms with Gasteiger partial charge in [0.1, 0.15) is 6.61 Å². The number of para-hydroxylation sites is 2. The fourth-order valence-electron chi connectivity index (χ4n) is 1.74. The molecule has 0 radical (unpaired) electrons. The summed E-state index contributed by atoms with van der Waals surface area (Å²) in [5, 5.41) is 1.87. The Morgan fingerprint density at radius 3 is 2.95 bits per heavy atom. The van der Waals surface area contributed by atoms with E-state index in [-0.39, 0.29) is 12.5 Å². The van der Waals surface area contributed by atoms with Gasteiger partial charge in [-0.1, -0.05) is 12.1 Å². The maximum atomic E-state index is 12.0. The van der Waals surface area contributed by atoms with Crippen LogP contribution >= 0.6 is 11.3 Å². The molecule has 1 aromatic heterocycles. The molecule has 5 nitrogen and oxygen atoms in total. The van der Waals surface area contributed by atoms with Gasteiger partial charge in [-0.2, -0.15) is 4.99 Å². The summed E-state index contributed by atoms with van der Waals surface area (Å²) in [7, 11) is 1.84. The first kappa shape index (κ1) is 12.0. The van der Waals surface area contributed by atoms with Crippen molar-refractivity contribution in [1.82, 2.24) is 4.57 Å². The van der Waals surface area contributed by atoms with E-state index in [1.807, 2.05) is 36.8 Å². The van der Waals surface area contributed by atoms with Crippen molar-refractivity contribution in [1.29, 1.82) is 0 Å². The predicted molar refractivity (Wildman–Crippen MR) is 70.2 cm³/mol. The van der Waals surface area contributed by atoms with Crippen LogP contribution < -0.4 is 14.3 Å². The number of hydrogen-bond acceptors (Lipinski definition) is 4. The van der Waals surface area contributed by atoms with Gasteiger partial charge >= 0.3 is 0 Å². The van der Waals surface area contributed by atoms with Crippen molar-refractivity contribution in [3.05, 3.63) is 40.6 Å². The smallest absolute Gasteiger partial charge is 0.292 e. The second-order valence-corrected chi connectivity index (χ2v) is 4.98. The Labute approximate surface area is 113 Å². The van der Waals surface area contributed by atoms with Crippen molar-refractivity contribution < 1.29 is 14.3 Å². The topological polar surface area (TPSA) is 52.8 Å². The van der Waals surface area contributed by atoms with Crippen molar-refractivity contribution in [2.24, 2.45) is 12.0 Å². The van der Waals surface area contributed by atoms with Crippen LogP contribution in [0, 0.1) is 0 Å². The minimum atomic E-state index is -0.683. The van der Waals surface area contributed by atoms with Crippen LogP contribution in [0.5, 0.6) is 11.5 Å². The summed E-state index contributed by atoms with van der Waals surface area (Å²) < 4.78 is 12.9. The van der Waals surface area contributed by atoms with Crippen LogP contribution in [0.15, 0.2) is 40.8 Å². The normalized spacial score (nSPS) is 18.4. The molecule has 2 heterocycles. The molecule has 1 aliphatic rings. The van der Waals surface area contributed by atoms with E-state index in [1.165, 1.54) is 11.3 Å². The summed E-state index contributed by atoms with van der Waals surface area (Å²) in [6.07, 6.45) is 1.17. The van der Waals surface area contributed by atoms with Crippen LogP contribution in [0.1, 0.15) is 0 Å². The maximum absolute atomic E-state index is 12.0. The number of aromatic nitrogens is 1. The van der Waals surface area contributed by atoms with E-state index in [0.29, 0.717) is 16.3 Å². The van der Waals surface area contributed by atoms with Crippen molar-refractivity contribution in [2.45, 2.75) is 6.10 Å². The molecule has 0 spiro atoms. The Morgan fingerprint density at radius 2 is 2.21 bits per heavy atom. The lowest BCUT2D eigenvalue weighted by molar-refractivity contribution is -0.127. The fraction of sp³-hybridized carbons (Fsp3) is 0.231. The van der Waals surface area contributed by atoms with Crippen LogP contribution in [0.2, 0.25) is 0 Å². The Balaban J connectivity index is 1.82. The Hall–Kier alpha value is -2.08. The van der Waals surface area contributed by atoms with Gasteiger partial charge in [-0.15, -0.1) is 11.3 Å². The molecule has 0 bridgehead atoms. The molecule has 3 rings (SSSR count). The predicted octanol–water partition coefficient (Wildman–Crippen LogP) is 1.35. The highest BCUT2D eigenvalue weighted by Crippen LogP contribution is 2.30. The average molecular weight is 276 g/mol. The van der Waals surface area contributed by atoms with Gasteiger partial charge in [0.2, 0.25) is 6.10 Å². The highest BCUT2D eigenvalue weighted by molar-refractivity contribution is 7.07. The fourth-order valence-corrected chi connectivity index (χ4v) is 2.48. The van der Waals surface area contributed by atoms with Crippen LogP contribution in [-0.4, -0.2) is 23.2 Å². The average Bonchev–Trinajstić information content (AvgIpc) is 2.84. The number of fused-ring (bicyclic) bond motifs is 1. The minimum absolute atomic E-state index is 0.189. The molecule has 1 aliphatic heterocycles. The molecule has 2 aromatic rings. The van der Waals surface area contributed by atoms with Gasteiger partial charge in [-0.05, 0) is 12.1 Å². The summed E-state index contributed by atoms with van der Waals surface area (Å²) in [6, 6.07) is 7.29. The van der Waals surface area contributed by atoms with Gasteiger partial charge in [0.05, 0.1) is 0 Å². The van der Waals surface area contributed by atoms with Gasteiger partial charge in [-0.3, -0.25) is 4.79 Å². The molecule has 0 saturated carbocycles. The standard InChI is InChI=1S/C13H12N2O3S/c1-15-6-7-19-13(15)14-12(16)11-8-17-9-4-2-3-5-10(9)18-11/h2-7,11H,8H2,1H3/t11-/m0/s1. The Bertz CT molecular complexity index is 674. The lowest BCUT2D eigenvalue weighted by Crippen LogP contribution is -2.36. The quantitative estimate of drug-likeness (QED) is 0.790. The van der Waals surface area contributed by atoms with E-state index >= 15 is 0 Å². The first-order valence-corrected chi connectivity index (χ1v) is 6.69. The number of amides is 1. The zero-order valence-corrected chi connectivity index (χ0v) is 11.1. The molecule has 1 atom stereocenters. The third kappa shape index (κ3) is 2.39.